The summed E-state index contributed by atoms with van der Waals surface area (Å²) >= 11 is 9.05. The minimum absolute atomic E-state index is 0.411. The highest BCUT2D eigenvalue weighted by Crippen LogP contribution is 2.28. The topological polar surface area (TPSA) is 39.4 Å². The van der Waals surface area contributed by atoms with Crippen LogP contribution in [0.4, 0.5) is 0 Å². The highest BCUT2D eigenvalue weighted by atomic mass is 79.9. The lowest BCUT2D eigenvalue weighted by atomic mass is 10.3. The number of hydrogen-bond acceptors (Lipinski definition) is 3. The molecule has 0 fully saturated rings. The number of rotatable bonds is 3. The van der Waals surface area contributed by atoms with Crippen LogP contribution in [0.3, 0.4) is 0 Å². The standard InChI is InChI=1S/C13H8BrClO3/c14-11-8-9(15)3-5-12(11)18-13(16)6-4-10-2-1-7-17-10/h1-8H/b6-4+. The molecule has 0 unspecified atom stereocenters. The summed E-state index contributed by atoms with van der Waals surface area (Å²) in [5.74, 6) is 0.505. The third-order valence-electron chi connectivity index (χ3n) is 2.03. The van der Waals surface area contributed by atoms with Gasteiger partial charge in [0.05, 0.1) is 10.7 Å². The molecule has 0 amide bonds. The van der Waals surface area contributed by atoms with Crippen LogP contribution < -0.4 is 4.74 Å². The number of ether oxygens (including phenoxy) is 1. The zero-order chi connectivity index (χ0) is 13.0. The normalized spacial score (nSPS) is 10.8. The van der Waals surface area contributed by atoms with Crippen LogP contribution in [0.1, 0.15) is 5.76 Å². The van der Waals surface area contributed by atoms with E-state index in [1.807, 2.05) is 0 Å². The Morgan fingerprint density at radius 2 is 2.22 bits per heavy atom. The first kappa shape index (κ1) is 12.9. The largest absolute Gasteiger partial charge is 0.465 e. The van der Waals surface area contributed by atoms with Crippen molar-refractivity contribution >= 4 is 39.6 Å². The lowest BCUT2D eigenvalue weighted by Crippen LogP contribution is -2.03. The van der Waals surface area contributed by atoms with E-state index in [0.717, 1.165) is 0 Å². The fraction of sp³-hybridized carbons (Fsp3) is 0. The van der Waals surface area contributed by atoms with Crippen LogP contribution in [-0.2, 0) is 4.79 Å². The van der Waals surface area contributed by atoms with Gasteiger partial charge in [-0.1, -0.05) is 11.6 Å². The summed E-state index contributed by atoms with van der Waals surface area (Å²) in [6.45, 7) is 0. The van der Waals surface area contributed by atoms with Gasteiger partial charge in [0.1, 0.15) is 11.5 Å². The van der Waals surface area contributed by atoms with E-state index in [1.54, 1.807) is 30.3 Å². The Kier molecular flexibility index (Phi) is 4.23. The van der Waals surface area contributed by atoms with Crippen LogP contribution in [0, 0.1) is 0 Å². The van der Waals surface area contributed by atoms with E-state index >= 15 is 0 Å². The van der Waals surface area contributed by atoms with Crippen molar-refractivity contribution in [3.8, 4) is 5.75 Å². The summed E-state index contributed by atoms with van der Waals surface area (Å²) in [5, 5.41) is 0.563. The van der Waals surface area contributed by atoms with E-state index in [0.29, 0.717) is 21.0 Å². The molecular formula is C13H8BrClO3. The van der Waals surface area contributed by atoms with Crippen molar-refractivity contribution in [2.24, 2.45) is 0 Å². The van der Waals surface area contributed by atoms with Gasteiger partial charge in [-0.3, -0.25) is 0 Å². The van der Waals surface area contributed by atoms with Gasteiger partial charge in [0.2, 0.25) is 0 Å². The first-order valence-corrected chi connectivity index (χ1v) is 6.21. The van der Waals surface area contributed by atoms with Crippen LogP contribution in [-0.4, -0.2) is 5.97 Å². The Morgan fingerprint density at radius 1 is 1.39 bits per heavy atom. The van der Waals surface area contributed by atoms with Crippen LogP contribution in [0.5, 0.6) is 5.75 Å². The molecule has 5 heteroatoms. The van der Waals surface area contributed by atoms with E-state index in [1.165, 1.54) is 18.4 Å². The Bertz CT molecular complexity index is 576. The summed E-state index contributed by atoms with van der Waals surface area (Å²) in [6.07, 6.45) is 4.35. The van der Waals surface area contributed by atoms with Gasteiger partial charge in [0, 0.05) is 11.1 Å². The zero-order valence-electron chi connectivity index (χ0n) is 9.10. The first-order chi connectivity index (χ1) is 8.65. The SMILES string of the molecule is O=C(/C=C/c1ccco1)Oc1ccc(Cl)cc1Br. The number of halogens is 2. The van der Waals surface area contributed by atoms with Gasteiger partial charge in [-0.25, -0.2) is 4.79 Å². The van der Waals surface area contributed by atoms with E-state index in [9.17, 15) is 4.79 Å². The number of hydrogen-bond donors (Lipinski definition) is 0. The molecule has 0 N–H and O–H groups in total. The smallest absolute Gasteiger partial charge is 0.336 e. The highest BCUT2D eigenvalue weighted by molar-refractivity contribution is 9.10. The molecule has 0 bridgehead atoms. The summed E-state index contributed by atoms with van der Waals surface area (Å²) in [6, 6.07) is 8.39. The predicted octanol–water partition coefficient (Wildman–Crippen LogP) is 4.31. The van der Waals surface area contributed by atoms with Gasteiger partial charge in [0.15, 0.2) is 0 Å². The summed E-state index contributed by atoms with van der Waals surface area (Å²) < 4.78 is 10.8. The maximum absolute atomic E-state index is 11.5. The monoisotopic (exact) mass is 326 g/mol. The fourth-order valence-electron chi connectivity index (χ4n) is 1.24. The maximum Gasteiger partial charge on any atom is 0.336 e. The van der Waals surface area contributed by atoms with Crippen molar-refractivity contribution in [2.45, 2.75) is 0 Å². The van der Waals surface area contributed by atoms with E-state index in [4.69, 9.17) is 20.8 Å². The maximum atomic E-state index is 11.5. The molecule has 3 nitrogen and oxygen atoms in total. The number of esters is 1. The van der Waals surface area contributed by atoms with E-state index in [-0.39, 0.29) is 0 Å². The second-order valence-corrected chi connectivity index (χ2v) is 4.64. The summed E-state index contributed by atoms with van der Waals surface area (Å²) in [7, 11) is 0. The lowest BCUT2D eigenvalue weighted by Gasteiger charge is -2.03. The molecule has 2 rings (SSSR count). The summed E-state index contributed by atoms with van der Waals surface area (Å²) in [4.78, 5) is 11.5. The van der Waals surface area contributed by atoms with Gasteiger partial charge in [-0.05, 0) is 52.3 Å². The molecule has 0 aliphatic carbocycles. The third-order valence-corrected chi connectivity index (χ3v) is 2.89. The molecule has 0 saturated carbocycles. The van der Waals surface area contributed by atoms with Crippen molar-refractivity contribution in [1.29, 1.82) is 0 Å². The Balaban J connectivity index is 2.03. The number of benzene rings is 1. The highest BCUT2D eigenvalue weighted by Gasteiger charge is 2.05. The number of carbonyl (C=O) groups excluding carboxylic acids is 1. The Labute approximate surface area is 117 Å². The van der Waals surface area contributed by atoms with Gasteiger partial charge in [-0.15, -0.1) is 0 Å². The van der Waals surface area contributed by atoms with Crippen molar-refractivity contribution < 1.29 is 13.9 Å². The van der Waals surface area contributed by atoms with Gasteiger partial charge in [0.25, 0.3) is 0 Å². The zero-order valence-corrected chi connectivity index (χ0v) is 11.4. The minimum Gasteiger partial charge on any atom is -0.465 e. The van der Waals surface area contributed by atoms with E-state index < -0.39 is 5.97 Å². The average molecular weight is 328 g/mol. The molecular weight excluding hydrogens is 319 g/mol. The van der Waals surface area contributed by atoms with Gasteiger partial charge >= 0.3 is 5.97 Å². The molecule has 1 heterocycles. The third kappa shape index (κ3) is 3.48. The number of carbonyl (C=O) groups is 1. The van der Waals surface area contributed by atoms with Crippen LogP contribution in [0.25, 0.3) is 6.08 Å². The molecule has 0 saturated heterocycles. The molecule has 1 aromatic heterocycles. The Morgan fingerprint density at radius 3 is 2.89 bits per heavy atom. The van der Waals surface area contributed by atoms with Crippen molar-refractivity contribution in [2.75, 3.05) is 0 Å². The molecule has 92 valence electrons. The Hall–Kier alpha value is -1.52. The van der Waals surface area contributed by atoms with Crippen LogP contribution in [0.15, 0.2) is 51.6 Å². The van der Waals surface area contributed by atoms with Gasteiger partial charge in [-0.2, -0.15) is 0 Å². The molecule has 0 spiro atoms. The molecule has 0 atom stereocenters. The van der Waals surface area contributed by atoms with Crippen LogP contribution in [0.2, 0.25) is 5.02 Å². The second kappa shape index (κ2) is 5.89. The average Bonchev–Trinajstić information content (AvgIpc) is 2.83. The molecule has 2 aromatic rings. The van der Waals surface area contributed by atoms with Crippen molar-refractivity contribution in [1.82, 2.24) is 0 Å². The van der Waals surface area contributed by atoms with Crippen molar-refractivity contribution in [3.05, 3.63) is 57.9 Å². The molecule has 0 aliphatic heterocycles. The van der Waals surface area contributed by atoms with Crippen molar-refractivity contribution in [3.63, 3.8) is 0 Å². The predicted molar refractivity (Wildman–Crippen MR) is 72.5 cm³/mol. The lowest BCUT2D eigenvalue weighted by molar-refractivity contribution is -0.128. The molecule has 0 radical (unpaired) electrons. The molecule has 1 aromatic carbocycles. The second-order valence-electron chi connectivity index (χ2n) is 3.34. The first-order valence-electron chi connectivity index (χ1n) is 5.03. The molecule has 18 heavy (non-hydrogen) atoms. The number of furan rings is 1. The van der Waals surface area contributed by atoms with Crippen LogP contribution >= 0.6 is 27.5 Å². The quantitative estimate of drug-likeness (QED) is 0.479. The van der Waals surface area contributed by atoms with E-state index in [2.05, 4.69) is 15.9 Å². The van der Waals surface area contributed by atoms with Gasteiger partial charge < -0.3 is 9.15 Å². The summed E-state index contributed by atoms with van der Waals surface area (Å²) in [5.41, 5.74) is 0. The minimum atomic E-state index is -0.491. The molecule has 0 aliphatic rings. The fourth-order valence-corrected chi connectivity index (χ4v) is 2.00.